The lowest BCUT2D eigenvalue weighted by atomic mass is 10.3. The van der Waals surface area contributed by atoms with Crippen molar-refractivity contribution in [2.45, 2.75) is 12.2 Å². The Hall–Kier alpha value is 0.1000. The third-order valence-electron chi connectivity index (χ3n) is 1.32. The summed E-state index contributed by atoms with van der Waals surface area (Å²) in [5.41, 5.74) is 0. The second-order valence-electron chi connectivity index (χ2n) is 2.12. The number of hydrogen-bond donors (Lipinski definition) is 1. The molecule has 0 amide bonds. The van der Waals surface area contributed by atoms with Crippen molar-refractivity contribution >= 4 is 11.8 Å². The molecule has 0 saturated carbocycles. The molecule has 1 atom stereocenters. The molecule has 0 radical (unpaired) electrons. The Morgan fingerprint density at radius 3 is 2.40 bits per heavy atom. The summed E-state index contributed by atoms with van der Waals surface area (Å²) in [5, 5.41) is 2.41. The lowest BCUT2D eigenvalue weighted by Gasteiger charge is -2.24. The van der Waals surface area contributed by atoms with Crippen molar-refractivity contribution in [3.05, 3.63) is 0 Å². The highest BCUT2D eigenvalue weighted by Crippen LogP contribution is 2.24. The molecule has 0 aromatic carbocycles. The number of rotatable bonds is 0. The van der Waals surface area contributed by atoms with Crippen LogP contribution in [0.15, 0.2) is 0 Å². The number of hydrogen-bond acceptors (Lipinski definition) is 2. The summed E-state index contributed by atoms with van der Waals surface area (Å²) in [6, 6.07) is -1.29. The van der Waals surface area contributed by atoms with Gasteiger partial charge in [0.2, 0.25) is 0 Å². The first-order chi connectivity index (χ1) is 4.61. The Morgan fingerprint density at radius 1 is 1.40 bits per heavy atom. The molecule has 0 aromatic rings. The molecule has 1 aliphatic rings. The number of nitrogens with one attached hydrogen (secondary N) is 1. The molecule has 10 heavy (non-hydrogen) atoms. The van der Waals surface area contributed by atoms with E-state index in [-0.39, 0.29) is 5.75 Å². The van der Waals surface area contributed by atoms with Crippen LogP contribution in [-0.4, -0.2) is 30.3 Å². The van der Waals surface area contributed by atoms with Gasteiger partial charge in [-0.2, -0.15) is 24.9 Å². The van der Waals surface area contributed by atoms with Crippen LogP contribution in [0.2, 0.25) is 0 Å². The summed E-state index contributed by atoms with van der Waals surface area (Å²) in [6.07, 6.45) is -4.06. The minimum atomic E-state index is -4.06. The Kier molecular flexibility index (Phi) is 2.46. The van der Waals surface area contributed by atoms with Crippen LogP contribution in [0.3, 0.4) is 0 Å². The van der Waals surface area contributed by atoms with Gasteiger partial charge in [-0.15, -0.1) is 0 Å². The fourth-order valence-electron chi connectivity index (χ4n) is 0.776. The quantitative estimate of drug-likeness (QED) is 0.588. The van der Waals surface area contributed by atoms with Gasteiger partial charge in [0.05, 0.1) is 0 Å². The maximum atomic E-state index is 11.9. The Labute approximate surface area is 61.4 Å². The first-order valence-electron chi connectivity index (χ1n) is 2.98. The second-order valence-corrected chi connectivity index (χ2v) is 3.27. The SMILES string of the molecule is FC(F)(F)C1CSCCN1. The third kappa shape index (κ3) is 2.05. The Bertz CT molecular complexity index is 108. The highest BCUT2D eigenvalue weighted by Gasteiger charge is 2.39. The molecule has 0 aliphatic carbocycles. The van der Waals surface area contributed by atoms with Gasteiger partial charge >= 0.3 is 6.18 Å². The average Bonchev–Trinajstić information content (AvgIpc) is 1.88. The minimum absolute atomic E-state index is 0.156. The third-order valence-corrected chi connectivity index (χ3v) is 2.38. The van der Waals surface area contributed by atoms with E-state index in [4.69, 9.17) is 0 Å². The molecular weight excluding hydrogens is 163 g/mol. The normalized spacial score (nSPS) is 28.5. The van der Waals surface area contributed by atoms with Gasteiger partial charge in [0, 0.05) is 18.1 Å². The molecule has 0 bridgehead atoms. The van der Waals surface area contributed by atoms with E-state index in [1.54, 1.807) is 0 Å². The lowest BCUT2D eigenvalue weighted by molar-refractivity contribution is -0.150. The van der Waals surface area contributed by atoms with Crippen molar-refractivity contribution < 1.29 is 13.2 Å². The van der Waals surface area contributed by atoms with Crippen molar-refractivity contribution in [2.75, 3.05) is 18.1 Å². The van der Waals surface area contributed by atoms with E-state index in [1.807, 2.05) is 0 Å². The predicted molar refractivity (Wildman–Crippen MR) is 35.2 cm³/mol. The largest absolute Gasteiger partial charge is 0.404 e. The topological polar surface area (TPSA) is 12.0 Å². The molecule has 1 fully saturated rings. The molecule has 1 aliphatic heterocycles. The van der Waals surface area contributed by atoms with E-state index in [0.717, 1.165) is 5.75 Å². The summed E-state index contributed by atoms with van der Waals surface area (Å²) < 4.78 is 35.6. The minimum Gasteiger partial charge on any atom is -0.305 e. The first kappa shape index (κ1) is 8.20. The van der Waals surface area contributed by atoms with Gasteiger partial charge in [0.1, 0.15) is 6.04 Å². The molecule has 1 saturated heterocycles. The van der Waals surface area contributed by atoms with E-state index in [1.165, 1.54) is 11.8 Å². The predicted octanol–water partition coefficient (Wildman–Crippen LogP) is 1.25. The van der Waals surface area contributed by atoms with E-state index < -0.39 is 12.2 Å². The fourth-order valence-corrected chi connectivity index (χ4v) is 1.75. The van der Waals surface area contributed by atoms with Crippen molar-refractivity contribution in [2.24, 2.45) is 0 Å². The molecule has 60 valence electrons. The molecule has 5 heteroatoms. The van der Waals surface area contributed by atoms with Gasteiger partial charge < -0.3 is 5.32 Å². The molecule has 1 N–H and O–H groups in total. The van der Waals surface area contributed by atoms with Crippen molar-refractivity contribution in [3.8, 4) is 0 Å². The zero-order valence-electron chi connectivity index (χ0n) is 5.24. The summed E-state index contributed by atoms with van der Waals surface area (Å²) >= 11 is 1.35. The van der Waals surface area contributed by atoms with Gasteiger partial charge in [-0.25, -0.2) is 0 Å². The fraction of sp³-hybridized carbons (Fsp3) is 1.00. The highest BCUT2D eigenvalue weighted by atomic mass is 32.2. The highest BCUT2D eigenvalue weighted by molar-refractivity contribution is 7.99. The maximum Gasteiger partial charge on any atom is 0.404 e. The Balaban J connectivity index is 2.39. The monoisotopic (exact) mass is 171 g/mol. The van der Waals surface area contributed by atoms with E-state index in [2.05, 4.69) is 5.32 Å². The van der Waals surface area contributed by atoms with Crippen molar-refractivity contribution in [3.63, 3.8) is 0 Å². The molecule has 1 heterocycles. The van der Waals surface area contributed by atoms with Crippen LogP contribution in [0.25, 0.3) is 0 Å². The van der Waals surface area contributed by atoms with Gasteiger partial charge in [-0.1, -0.05) is 0 Å². The molecule has 1 nitrogen and oxygen atoms in total. The van der Waals surface area contributed by atoms with Crippen molar-refractivity contribution in [1.82, 2.24) is 5.32 Å². The zero-order chi connectivity index (χ0) is 7.61. The van der Waals surface area contributed by atoms with Crippen LogP contribution in [0, 0.1) is 0 Å². The molecule has 1 rings (SSSR count). The molecule has 1 unspecified atom stereocenters. The van der Waals surface area contributed by atoms with Gasteiger partial charge in [-0.3, -0.25) is 0 Å². The van der Waals surface area contributed by atoms with Crippen LogP contribution in [0.5, 0.6) is 0 Å². The van der Waals surface area contributed by atoms with E-state index >= 15 is 0 Å². The number of alkyl halides is 3. The standard InChI is InChI=1S/C5H8F3NS/c6-5(7,8)4-3-10-2-1-9-4/h4,9H,1-3H2. The summed E-state index contributed by atoms with van der Waals surface area (Å²) in [4.78, 5) is 0. The second kappa shape index (κ2) is 3.00. The van der Waals surface area contributed by atoms with Crippen LogP contribution in [0.4, 0.5) is 13.2 Å². The molecule has 0 aromatic heterocycles. The first-order valence-corrected chi connectivity index (χ1v) is 4.14. The van der Waals surface area contributed by atoms with Gasteiger partial charge in [0.15, 0.2) is 0 Å². The van der Waals surface area contributed by atoms with E-state index in [0.29, 0.717) is 6.54 Å². The summed E-state index contributed by atoms with van der Waals surface area (Å²) in [6.45, 7) is 0.467. The van der Waals surface area contributed by atoms with Crippen LogP contribution >= 0.6 is 11.8 Å². The van der Waals surface area contributed by atoms with Gasteiger partial charge in [-0.05, 0) is 0 Å². The van der Waals surface area contributed by atoms with Crippen LogP contribution < -0.4 is 5.32 Å². The van der Waals surface area contributed by atoms with E-state index in [9.17, 15) is 13.2 Å². The van der Waals surface area contributed by atoms with Gasteiger partial charge in [0.25, 0.3) is 0 Å². The Morgan fingerprint density at radius 2 is 2.10 bits per heavy atom. The average molecular weight is 171 g/mol. The van der Waals surface area contributed by atoms with Crippen LogP contribution in [0.1, 0.15) is 0 Å². The molecule has 0 spiro atoms. The summed E-state index contributed by atoms with van der Waals surface area (Å²) in [5.74, 6) is 0.941. The lowest BCUT2D eigenvalue weighted by Crippen LogP contribution is -2.47. The summed E-state index contributed by atoms with van der Waals surface area (Å²) in [7, 11) is 0. The number of thioether (sulfide) groups is 1. The molecular formula is C5H8F3NS. The van der Waals surface area contributed by atoms with Crippen molar-refractivity contribution in [1.29, 1.82) is 0 Å². The van der Waals surface area contributed by atoms with Crippen LogP contribution in [-0.2, 0) is 0 Å². The smallest absolute Gasteiger partial charge is 0.305 e. The maximum absolute atomic E-state index is 11.9. The number of halogens is 3. The zero-order valence-corrected chi connectivity index (χ0v) is 6.06.